The van der Waals surface area contributed by atoms with E-state index in [4.69, 9.17) is 11.6 Å². The second-order valence-corrected chi connectivity index (χ2v) is 4.12. The highest BCUT2D eigenvalue weighted by molar-refractivity contribution is 6.17. The highest BCUT2D eigenvalue weighted by Gasteiger charge is 2.07. The molecule has 0 bridgehead atoms. The Hall–Kier alpha value is -0.900. The first-order chi connectivity index (χ1) is 7.76. The SMILES string of the molecule is CCCC(CCCl)CNc1ncc(F)cn1. The molecule has 1 N–H and O–H groups in total. The molecule has 1 atom stereocenters. The van der Waals surface area contributed by atoms with Crippen LogP contribution in [0.1, 0.15) is 26.2 Å². The zero-order valence-electron chi connectivity index (χ0n) is 9.42. The summed E-state index contributed by atoms with van der Waals surface area (Å²) in [5.74, 6) is 1.24. The number of anilines is 1. The molecule has 16 heavy (non-hydrogen) atoms. The molecule has 1 rings (SSSR count). The van der Waals surface area contributed by atoms with E-state index in [2.05, 4.69) is 22.2 Å². The molecule has 0 saturated carbocycles. The van der Waals surface area contributed by atoms with Crippen molar-refractivity contribution in [1.29, 1.82) is 0 Å². The molecule has 90 valence electrons. The molecule has 0 aromatic carbocycles. The third kappa shape index (κ3) is 4.75. The van der Waals surface area contributed by atoms with Gasteiger partial charge >= 0.3 is 0 Å². The molecule has 1 unspecified atom stereocenters. The molecule has 1 heterocycles. The van der Waals surface area contributed by atoms with Gasteiger partial charge in [0.1, 0.15) is 0 Å². The fourth-order valence-corrected chi connectivity index (χ4v) is 1.86. The van der Waals surface area contributed by atoms with Crippen LogP contribution in [0.2, 0.25) is 0 Å². The van der Waals surface area contributed by atoms with E-state index in [-0.39, 0.29) is 0 Å². The Bertz CT molecular complexity index is 286. The van der Waals surface area contributed by atoms with Crippen molar-refractivity contribution in [2.45, 2.75) is 26.2 Å². The van der Waals surface area contributed by atoms with Gasteiger partial charge in [-0.25, -0.2) is 14.4 Å². The second kappa shape index (κ2) is 7.39. The summed E-state index contributed by atoms with van der Waals surface area (Å²) in [7, 11) is 0. The number of hydrogen-bond acceptors (Lipinski definition) is 3. The van der Waals surface area contributed by atoms with Crippen LogP contribution in [0.4, 0.5) is 10.3 Å². The fourth-order valence-electron chi connectivity index (χ4n) is 1.55. The van der Waals surface area contributed by atoms with Crippen molar-refractivity contribution < 1.29 is 4.39 Å². The van der Waals surface area contributed by atoms with Crippen molar-refractivity contribution in [1.82, 2.24) is 9.97 Å². The van der Waals surface area contributed by atoms with Gasteiger partial charge < -0.3 is 5.32 Å². The minimum absolute atomic E-state index is 0.420. The molecule has 3 nitrogen and oxygen atoms in total. The largest absolute Gasteiger partial charge is 0.354 e. The molecule has 0 saturated heterocycles. The zero-order chi connectivity index (χ0) is 11.8. The van der Waals surface area contributed by atoms with Crippen molar-refractivity contribution in [3.05, 3.63) is 18.2 Å². The van der Waals surface area contributed by atoms with E-state index in [9.17, 15) is 4.39 Å². The molecule has 0 aliphatic carbocycles. The third-order valence-electron chi connectivity index (χ3n) is 2.38. The average molecular weight is 246 g/mol. The van der Waals surface area contributed by atoms with Crippen LogP contribution in [0.15, 0.2) is 12.4 Å². The van der Waals surface area contributed by atoms with Gasteiger partial charge in [0.15, 0.2) is 5.82 Å². The first-order valence-corrected chi connectivity index (χ1v) is 6.07. The Labute approximate surface area is 100 Å². The Morgan fingerprint density at radius 1 is 1.38 bits per heavy atom. The van der Waals surface area contributed by atoms with Gasteiger partial charge in [-0.1, -0.05) is 13.3 Å². The van der Waals surface area contributed by atoms with Crippen molar-refractivity contribution in [2.24, 2.45) is 5.92 Å². The van der Waals surface area contributed by atoms with Crippen molar-refractivity contribution in [3.63, 3.8) is 0 Å². The molecule has 5 heteroatoms. The summed E-state index contributed by atoms with van der Waals surface area (Å²) in [4.78, 5) is 7.68. The Morgan fingerprint density at radius 3 is 2.62 bits per heavy atom. The number of nitrogens with one attached hydrogen (secondary N) is 1. The van der Waals surface area contributed by atoms with Crippen molar-refractivity contribution in [3.8, 4) is 0 Å². The summed E-state index contributed by atoms with van der Waals surface area (Å²) in [5, 5.41) is 3.09. The molecule has 0 aliphatic rings. The molecule has 0 fully saturated rings. The predicted octanol–water partition coefficient (Wildman–Crippen LogP) is 3.07. The van der Waals surface area contributed by atoms with E-state index in [1.165, 1.54) is 0 Å². The Kier molecular flexibility index (Phi) is 6.08. The van der Waals surface area contributed by atoms with Gasteiger partial charge in [-0.3, -0.25) is 0 Å². The van der Waals surface area contributed by atoms with Crippen LogP contribution < -0.4 is 5.32 Å². The molecule has 0 spiro atoms. The monoisotopic (exact) mass is 245 g/mol. The minimum Gasteiger partial charge on any atom is -0.354 e. The summed E-state index contributed by atoms with van der Waals surface area (Å²) in [5.41, 5.74) is 0. The van der Waals surface area contributed by atoms with E-state index in [0.717, 1.165) is 38.2 Å². The minimum atomic E-state index is -0.420. The standard InChI is InChI=1S/C11H17ClFN3/c1-2-3-9(4-5-12)6-14-11-15-7-10(13)8-16-11/h7-9H,2-6H2,1H3,(H,14,15,16). The average Bonchev–Trinajstić information content (AvgIpc) is 2.29. The summed E-state index contributed by atoms with van der Waals surface area (Å²) in [6.45, 7) is 2.93. The Morgan fingerprint density at radius 2 is 2.06 bits per heavy atom. The van der Waals surface area contributed by atoms with E-state index < -0.39 is 5.82 Å². The summed E-state index contributed by atoms with van der Waals surface area (Å²) in [6.07, 6.45) is 5.55. The van der Waals surface area contributed by atoms with Crippen LogP contribution >= 0.6 is 11.6 Å². The first-order valence-electron chi connectivity index (χ1n) is 5.53. The number of aromatic nitrogens is 2. The van der Waals surface area contributed by atoms with Crippen molar-refractivity contribution >= 4 is 17.5 Å². The predicted molar refractivity (Wildman–Crippen MR) is 64.2 cm³/mol. The van der Waals surface area contributed by atoms with Crippen LogP contribution in [0.25, 0.3) is 0 Å². The number of rotatable bonds is 7. The van der Waals surface area contributed by atoms with E-state index >= 15 is 0 Å². The summed E-state index contributed by atoms with van der Waals surface area (Å²) >= 11 is 5.73. The molecular formula is C11H17ClFN3. The van der Waals surface area contributed by atoms with Crippen LogP contribution in [0, 0.1) is 11.7 Å². The van der Waals surface area contributed by atoms with E-state index in [0.29, 0.717) is 17.7 Å². The second-order valence-electron chi connectivity index (χ2n) is 3.74. The lowest BCUT2D eigenvalue weighted by Gasteiger charge is -2.15. The van der Waals surface area contributed by atoms with Gasteiger partial charge in [0.25, 0.3) is 0 Å². The highest BCUT2D eigenvalue weighted by atomic mass is 35.5. The molecule has 1 aromatic rings. The number of nitrogens with zero attached hydrogens (tertiary/aromatic N) is 2. The normalized spacial score (nSPS) is 12.4. The van der Waals surface area contributed by atoms with Crippen LogP contribution in [-0.2, 0) is 0 Å². The first kappa shape index (κ1) is 13.2. The third-order valence-corrected chi connectivity index (χ3v) is 2.60. The van der Waals surface area contributed by atoms with Crippen LogP contribution in [0.3, 0.4) is 0 Å². The zero-order valence-corrected chi connectivity index (χ0v) is 10.2. The van der Waals surface area contributed by atoms with Crippen LogP contribution in [0.5, 0.6) is 0 Å². The van der Waals surface area contributed by atoms with Gasteiger partial charge in [0, 0.05) is 12.4 Å². The molecule has 0 aliphatic heterocycles. The van der Waals surface area contributed by atoms with Gasteiger partial charge in [-0.15, -0.1) is 11.6 Å². The number of alkyl halides is 1. The maximum atomic E-state index is 12.6. The number of hydrogen-bond donors (Lipinski definition) is 1. The Balaban J connectivity index is 2.38. The lowest BCUT2D eigenvalue weighted by Crippen LogP contribution is -2.16. The van der Waals surface area contributed by atoms with Gasteiger partial charge in [0.05, 0.1) is 12.4 Å². The number of halogens is 2. The van der Waals surface area contributed by atoms with Gasteiger partial charge in [-0.2, -0.15) is 0 Å². The topological polar surface area (TPSA) is 37.8 Å². The lowest BCUT2D eigenvalue weighted by molar-refractivity contribution is 0.489. The summed E-state index contributed by atoms with van der Waals surface area (Å²) in [6, 6.07) is 0. The van der Waals surface area contributed by atoms with Gasteiger partial charge in [0.2, 0.25) is 5.95 Å². The molecular weight excluding hydrogens is 229 g/mol. The van der Waals surface area contributed by atoms with Gasteiger partial charge in [-0.05, 0) is 18.8 Å². The highest BCUT2D eigenvalue weighted by Crippen LogP contribution is 2.12. The molecule has 0 radical (unpaired) electrons. The van der Waals surface area contributed by atoms with E-state index in [1.54, 1.807) is 0 Å². The molecule has 0 amide bonds. The summed E-state index contributed by atoms with van der Waals surface area (Å²) < 4.78 is 12.6. The maximum Gasteiger partial charge on any atom is 0.222 e. The molecule has 1 aromatic heterocycles. The fraction of sp³-hybridized carbons (Fsp3) is 0.636. The smallest absolute Gasteiger partial charge is 0.222 e. The maximum absolute atomic E-state index is 12.6. The lowest BCUT2D eigenvalue weighted by atomic mass is 10.0. The van der Waals surface area contributed by atoms with Crippen LogP contribution in [-0.4, -0.2) is 22.4 Å². The van der Waals surface area contributed by atoms with Crippen molar-refractivity contribution in [2.75, 3.05) is 17.7 Å². The quantitative estimate of drug-likeness (QED) is 0.751. The van der Waals surface area contributed by atoms with E-state index in [1.807, 2.05) is 0 Å².